The van der Waals surface area contributed by atoms with E-state index in [2.05, 4.69) is 10.0 Å². The molecular formula is C8H20N4O3S. The van der Waals surface area contributed by atoms with E-state index >= 15 is 0 Å². The zero-order valence-electron chi connectivity index (χ0n) is 9.86. The third kappa shape index (κ3) is 5.29. The van der Waals surface area contributed by atoms with Crippen molar-refractivity contribution < 1.29 is 13.2 Å². The molecule has 0 aromatic heterocycles. The van der Waals surface area contributed by atoms with Gasteiger partial charge in [0.25, 0.3) is 0 Å². The van der Waals surface area contributed by atoms with Crippen LogP contribution >= 0.6 is 0 Å². The summed E-state index contributed by atoms with van der Waals surface area (Å²) in [6, 6.07) is -0.258. The Kier molecular flexibility index (Phi) is 6.31. The molecule has 0 bridgehead atoms. The van der Waals surface area contributed by atoms with Gasteiger partial charge in [0, 0.05) is 33.7 Å². The summed E-state index contributed by atoms with van der Waals surface area (Å²) < 4.78 is 25.2. The van der Waals surface area contributed by atoms with Gasteiger partial charge in [0.2, 0.25) is 10.0 Å². The fourth-order valence-corrected chi connectivity index (χ4v) is 1.71. The Morgan fingerprint density at radius 2 is 1.94 bits per heavy atom. The van der Waals surface area contributed by atoms with Crippen LogP contribution in [-0.4, -0.2) is 58.3 Å². The first kappa shape index (κ1) is 15.1. The van der Waals surface area contributed by atoms with Crippen molar-refractivity contribution in [2.24, 2.45) is 5.73 Å². The van der Waals surface area contributed by atoms with E-state index in [0.717, 1.165) is 0 Å². The van der Waals surface area contributed by atoms with Crippen molar-refractivity contribution in [1.29, 1.82) is 0 Å². The lowest BCUT2D eigenvalue weighted by Gasteiger charge is -2.14. The fourth-order valence-electron chi connectivity index (χ4n) is 0.790. The Bertz CT molecular complexity index is 315. The third-order valence-corrected chi connectivity index (χ3v) is 3.83. The number of carbonyl (C=O) groups excluding carboxylic acids is 1. The van der Waals surface area contributed by atoms with Crippen LogP contribution in [0.5, 0.6) is 0 Å². The first-order valence-corrected chi connectivity index (χ1v) is 6.49. The van der Waals surface area contributed by atoms with Crippen LogP contribution in [0, 0.1) is 0 Å². The summed E-state index contributed by atoms with van der Waals surface area (Å²) in [5.74, 6) is 0. The summed E-state index contributed by atoms with van der Waals surface area (Å²) in [6.07, 6.45) is 0. The molecule has 0 aliphatic heterocycles. The number of carbonyl (C=O) groups is 1. The van der Waals surface area contributed by atoms with Gasteiger partial charge in [-0.2, -0.15) is 0 Å². The van der Waals surface area contributed by atoms with E-state index in [4.69, 9.17) is 5.73 Å². The van der Waals surface area contributed by atoms with E-state index in [-0.39, 0.29) is 25.7 Å². The average molecular weight is 252 g/mol. The molecule has 1 unspecified atom stereocenters. The molecule has 1 atom stereocenters. The van der Waals surface area contributed by atoms with Crippen LogP contribution in [0.4, 0.5) is 4.79 Å². The number of urea groups is 1. The van der Waals surface area contributed by atoms with E-state index in [0.29, 0.717) is 0 Å². The molecular weight excluding hydrogens is 232 g/mol. The van der Waals surface area contributed by atoms with Gasteiger partial charge < -0.3 is 16.0 Å². The SMILES string of the molecule is CC(CN)S(=O)(=O)NCCNC(=O)N(C)C. The van der Waals surface area contributed by atoms with Gasteiger partial charge in [-0.1, -0.05) is 0 Å². The van der Waals surface area contributed by atoms with Crippen molar-refractivity contribution in [3.63, 3.8) is 0 Å². The highest BCUT2D eigenvalue weighted by molar-refractivity contribution is 7.90. The molecule has 96 valence electrons. The topological polar surface area (TPSA) is 105 Å². The van der Waals surface area contributed by atoms with Gasteiger partial charge in [-0.05, 0) is 6.92 Å². The molecule has 0 fully saturated rings. The van der Waals surface area contributed by atoms with Crippen LogP contribution in [0.2, 0.25) is 0 Å². The summed E-state index contributed by atoms with van der Waals surface area (Å²) in [7, 11) is -0.154. The second-order valence-corrected chi connectivity index (χ2v) is 5.80. The van der Waals surface area contributed by atoms with Crippen molar-refractivity contribution in [3.05, 3.63) is 0 Å². The van der Waals surface area contributed by atoms with Gasteiger partial charge in [0.15, 0.2) is 0 Å². The monoisotopic (exact) mass is 252 g/mol. The quantitative estimate of drug-likeness (QED) is 0.502. The normalized spacial score (nSPS) is 13.2. The molecule has 0 aromatic rings. The number of amides is 2. The molecule has 0 aliphatic carbocycles. The largest absolute Gasteiger partial charge is 0.337 e. The number of hydrogen-bond donors (Lipinski definition) is 3. The molecule has 0 saturated heterocycles. The predicted octanol–water partition coefficient (Wildman–Crippen LogP) is -1.48. The van der Waals surface area contributed by atoms with Gasteiger partial charge in [0.05, 0.1) is 5.25 Å². The van der Waals surface area contributed by atoms with Crippen molar-refractivity contribution in [3.8, 4) is 0 Å². The van der Waals surface area contributed by atoms with Gasteiger partial charge >= 0.3 is 6.03 Å². The Labute approximate surface area is 96.4 Å². The highest BCUT2D eigenvalue weighted by atomic mass is 32.2. The van der Waals surface area contributed by atoms with Crippen LogP contribution in [-0.2, 0) is 10.0 Å². The minimum absolute atomic E-state index is 0.0688. The Hall–Kier alpha value is -0.860. The molecule has 0 aliphatic rings. The summed E-state index contributed by atoms with van der Waals surface area (Å²) in [4.78, 5) is 12.4. The lowest BCUT2D eigenvalue weighted by molar-refractivity contribution is 0.217. The molecule has 0 saturated carbocycles. The maximum absolute atomic E-state index is 11.4. The number of hydrogen-bond acceptors (Lipinski definition) is 4. The lowest BCUT2D eigenvalue weighted by atomic mass is 10.5. The lowest BCUT2D eigenvalue weighted by Crippen LogP contribution is -2.42. The molecule has 8 heteroatoms. The van der Waals surface area contributed by atoms with Crippen LogP contribution in [0.3, 0.4) is 0 Å². The number of nitrogens with zero attached hydrogens (tertiary/aromatic N) is 1. The molecule has 7 nitrogen and oxygen atoms in total. The molecule has 0 heterocycles. The molecule has 0 radical (unpaired) electrons. The van der Waals surface area contributed by atoms with Gasteiger partial charge in [-0.3, -0.25) is 0 Å². The Morgan fingerprint density at radius 3 is 2.38 bits per heavy atom. The first-order valence-electron chi connectivity index (χ1n) is 4.95. The third-order valence-electron chi connectivity index (χ3n) is 1.97. The number of nitrogens with two attached hydrogens (primary N) is 1. The molecule has 16 heavy (non-hydrogen) atoms. The van der Waals surface area contributed by atoms with Crippen molar-refractivity contribution in [2.45, 2.75) is 12.2 Å². The maximum atomic E-state index is 11.4. The van der Waals surface area contributed by atoms with Gasteiger partial charge in [-0.15, -0.1) is 0 Å². The number of sulfonamides is 1. The van der Waals surface area contributed by atoms with Crippen LogP contribution in [0.25, 0.3) is 0 Å². The summed E-state index contributed by atoms with van der Waals surface area (Å²) >= 11 is 0. The van der Waals surface area contributed by atoms with E-state index in [9.17, 15) is 13.2 Å². The standard InChI is InChI=1S/C8H20N4O3S/c1-7(6-9)16(14,15)11-5-4-10-8(13)12(2)3/h7,11H,4-6,9H2,1-3H3,(H,10,13). The summed E-state index contributed by atoms with van der Waals surface area (Å²) in [5, 5.41) is 1.91. The number of rotatable bonds is 6. The molecule has 4 N–H and O–H groups in total. The second kappa shape index (κ2) is 6.66. The maximum Gasteiger partial charge on any atom is 0.316 e. The van der Waals surface area contributed by atoms with Crippen molar-refractivity contribution in [2.75, 3.05) is 33.7 Å². The Morgan fingerprint density at radius 1 is 1.38 bits per heavy atom. The van der Waals surface area contributed by atoms with E-state index in [1.807, 2.05) is 0 Å². The summed E-state index contributed by atoms with van der Waals surface area (Å²) in [6.45, 7) is 2.00. The minimum atomic E-state index is -3.37. The zero-order chi connectivity index (χ0) is 12.8. The van der Waals surface area contributed by atoms with E-state index in [1.54, 1.807) is 14.1 Å². The molecule has 0 aromatic carbocycles. The van der Waals surface area contributed by atoms with E-state index in [1.165, 1.54) is 11.8 Å². The molecule has 0 spiro atoms. The van der Waals surface area contributed by atoms with Gasteiger partial charge in [0.1, 0.15) is 0 Å². The highest BCUT2D eigenvalue weighted by Crippen LogP contribution is 1.94. The van der Waals surface area contributed by atoms with Crippen LogP contribution in [0.1, 0.15) is 6.92 Å². The average Bonchev–Trinajstić information content (AvgIpc) is 2.22. The summed E-state index contributed by atoms with van der Waals surface area (Å²) in [5.41, 5.74) is 5.25. The Balaban J connectivity index is 3.87. The van der Waals surface area contributed by atoms with Gasteiger partial charge in [-0.25, -0.2) is 17.9 Å². The highest BCUT2D eigenvalue weighted by Gasteiger charge is 2.17. The first-order chi connectivity index (χ1) is 7.31. The molecule has 0 rings (SSSR count). The zero-order valence-corrected chi connectivity index (χ0v) is 10.7. The smallest absolute Gasteiger partial charge is 0.316 e. The second-order valence-electron chi connectivity index (χ2n) is 3.61. The number of nitrogens with one attached hydrogen (secondary N) is 2. The fraction of sp³-hybridized carbons (Fsp3) is 0.875. The van der Waals surface area contributed by atoms with Crippen molar-refractivity contribution in [1.82, 2.24) is 14.9 Å². The van der Waals surface area contributed by atoms with Crippen LogP contribution < -0.4 is 15.8 Å². The van der Waals surface area contributed by atoms with Crippen molar-refractivity contribution >= 4 is 16.1 Å². The van der Waals surface area contributed by atoms with Crippen LogP contribution in [0.15, 0.2) is 0 Å². The predicted molar refractivity (Wildman–Crippen MR) is 62.5 cm³/mol. The van der Waals surface area contributed by atoms with E-state index < -0.39 is 15.3 Å². The minimum Gasteiger partial charge on any atom is -0.337 e. The molecule has 2 amide bonds.